The van der Waals surface area contributed by atoms with Gasteiger partial charge in [0.05, 0.1) is 6.10 Å². The standard InChI is InChI=1S/C10H21NO/c1-2-3-8-4-5-9(7-11)10(12)6-8/h8-10,12H,2-7,11H2,1H3. The molecule has 3 atom stereocenters. The fourth-order valence-electron chi connectivity index (χ4n) is 2.24. The highest BCUT2D eigenvalue weighted by Crippen LogP contribution is 2.31. The molecule has 1 aliphatic carbocycles. The van der Waals surface area contributed by atoms with Crippen molar-refractivity contribution in [3.8, 4) is 0 Å². The minimum Gasteiger partial charge on any atom is -0.393 e. The molecule has 0 aromatic heterocycles. The highest BCUT2D eigenvalue weighted by atomic mass is 16.3. The van der Waals surface area contributed by atoms with Gasteiger partial charge in [0.2, 0.25) is 0 Å². The van der Waals surface area contributed by atoms with Crippen molar-refractivity contribution in [1.82, 2.24) is 0 Å². The summed E-state index contributed by atoms with van der Waals surface area (Å²) in [6.45, 7) is 2.86. The summed E-state index contributed by atoms with van der Waals surface area (Å²) in [4.78, 5) is 0. The first kappa shape index (κ1) is 10.0. The third kappa shape index (κ3) is 2.46. The second kappa shape index (κ2) is 4.83. The molecule has 72 valence electrons. The molecule has 2 nitrogen and oxygen atoms in total. The average Bonchev–Trinajstić information content (AvgIpc) is 2.05. The average molecular weight is 171 g/mol. The fraction of sp³-hybridized carbons (Fsp3) is 1.00. The summed E-state index contributed by atoms with van der Waals surface area (Å²) in [5, 5.41) is 9.69. The summed E-state index contributed by atoms with van der Waals surface area (Å²) in [5.74, 6) is 1.13. The minimum absolute atomic E-state index is 0.125. The van der Waals surface area contributed by atoms with E-state index in [1.807, 2.05) is 0 Å². The molecule has 1 aliphatic rings. The van der Waals surface area contributed by atoms with E-state index in [1.54, 1.807) is 0 Å². The fourth-order valence-corrected chi connectivity index (χ4v) is 2.24. The molecule has 1 saturated carbocycles. The van der Waals surface area contributed by atoms with Gasteiger partial charge >= 0.3 is 0 Å². The van der Waals surface area contributed by atoms with Crippen molar-refractivity contribution in [3.05, 3.63) is 0 Å². The van der Waals surface area contributed by atoms with E-state index in [0.29, 0.717) is 12.5 Å². The zero-order valence-electron chi connectivity index (χ0n) is 8.00. The Kier molecular flexibility index (Phi) is 4.02. The van der Waals surface area contributed by atoms with Crippen LogP contribution in [0.1, 0.15) is 39.0 Å². The molecule has 0 radical (unpaired) electrons. The first-order chi connectivity index (χ1) is 5.77. The van der Waals surface area contributed by atoms with E-state index in [0.717, 1.165) is 18.8 Å². The Balaban J connectivity index is 2.30. The second-order valence-electron chi connectivity index (χ2n) is 4.03. The van der Waals surface area contributed by atoms with Gasteiger partial charge in [-0.1, -0.05) is 19.8 Å². The summed E-state index contributed by atoms with van der Waals surface area (Å²) < 4.78 is 0. The molecule has 0 bridgehead atoms. The van der Waals surface area contributed by atoms with Crippen molar-refractivity contribution in [2.45, 2.75) is 45.1 Å². The van der Waals surface area contributed by atoms with Gasteiger partial charge in [0, 0.05) is 0 Å². The number of hydrogen-bond acceptors (Lipinski definition) is 2. The summed E-state index contributed by atoms with van der Waals surface area (Å²) in [6.07, 6.45) is 5.77. The molecule has 0 spiro atoms. The van der Waals surface area contributed by atoms with E-state index < -0.39 is 0 Å². The first-order valence-electron chi connectivity index (χ1n) is 5.16. The Morgan fingerprint density at radius 2 is 2.17 bits per heavy atom. The molecule has 0 amide bonds. The van der Waals surface area contributed by atoms with E-state index >= 15 is 0 Å². The molecule has 3 N–H and O–H groups in total. The van der Waals surface area contributed by atoms with Gasteiger partial charge in [-0.25, -0.2) is 0 Å². The molecule has 0 saturated heterocycles. The highest BCUT2D eigenvalue weighted by molar-refractivity contribution is 4.79. The molecule has 1 rings (SSSR count). The zero-order chi connectivity index (χ0) is 8.97. The second-order valence-corrected chi connectivity index (χ2v) is 4.03. The van der Waals surface area contributed by atoms with Crippen molar-refractivity contribution in [3.63, 3.8) is 0 Å². The molecule has 1 fully saturated rings. The number of nitrogens with two attached hydrogens (primary N) is 1. The van der Waals surface area contributed by atoms with Crippen molar-refractivity contribution < 1.29 is 5.11 Å². The molecule has 0 heterocycles. The van der Waals surface area contributed by atoms with Crippen LogP contribution in [-0.4, -0.2) is 17.8 Å². The van der Waals surface area contributed by atoms with Crippen LogP contribution >= 0.6 is 0 Å². The van der Waals surface area contributed by atoms with Crippen molar-refractivity contribution in [1.29, 1.82) is 0 Å². The van der Waals surface area contributed by atoms with Crippen LogP contribution in [0.3, 0.4) is 0 Å². The van der Waals surface area contributed by atoms with E-state index in [2.05, 4.69) is 6.92 Å². The lowest BCUT2D eigenvalue weighted by Gasteiger charge is -2.32. The monoisotopic (exact) mass is 171 g/mol. The van der Waals surface area contributed by atoms with Gasteiger partial charge in [-0.15, -0.1) is 0 Å². The Labute approximate surface area is 75.2 Å². The van der Waals surface area contributed by atoms with E-state index in [4.69, 9.17) is 5.73 Å². The van der Waals surface area contributed by atoms with Crippen LogP contribution in [0.25, 0.3) is 0 Å². The lowest BCUT2D eigenvalue weighted by Crippen LogP contribution is -2.34. The Hall–Kier alpha value is -0.0800. The predicted octanol–water partition coefficient (Wildman–Crippen LogP) is 1.52. The molecular formula is C10H21NO. The van der Waals surface area contributed by atoms with Gasteiger partial charge in [-0.2, -0.15) is 0 Å². The van der Waals surface area contributed by atoms with Crippen LogP contribution in [0.2, 0.25) is 0 Å². The maximum Gasteiger partial charge on any atom is 0.0583 e. The van der Waals surface area contributed by atoms with Crippen molar-refractivity contribution >= 4 is 0 Å². The van der Waals surface area contributed by atoms with Crippen LogP contribution < -0.4 is 5.73 Å². The minimum atomic E-state index is -0.125. The molecule has 2 heteroatoms. The molecule has 0 aliphatic heterocycles. The van der Waals surface area contributed by atoms with Crippen LogP contribution in [0.5, 0.6) is 0 Å². The predicted molar refractivity (Wildman–Crippen MR) is 50.8 cm³/mol. The highest BCUT2D eigenvalue weighted by Gasteiger charge is 2.27. The van der Waals surface area contributed by atoms with Crippen molar-refractivity contribution in [2.75, 3.05) is 6.54 Å². The van der Waals surface area contributed by atoms with E-state index in [1.165, 1.54) is 19.3 Å². The third-order valence-corrected chi connectivity index (χ3v) is 3.06. The van der Waals surface area contributed by atoms with Crippen LogP contribution in [-0.2, 0) is 0 Å². The quantitative estimate of drug-likeness (QED) is 0.676. The SMILES string of the molecule is CCCC1CCC(CN)C(O)C1. The van der Waals surface area contributed by atoms with Crippen LogP contribution in [0.15, 0.2) is 0 Å². The Morgan fingerprint density at radius 3 is 2.67 bits per heavy atom. The number of aliphatic hydroxyl groups excluding tert-OH is 1. The maximum absolute atomic E-state index is 9.69. The van der Waals surface area contributed by atoms with Gasteiger partial charge in [-0.05, 0) is 37.6 Å². The molecule has 3 unspecified atom stereocenters. The summed E-state index contributed by atoms with van der Waals surface area (Å²) >= 11 is 0. The smallest absolute Gasteiger partial charge is 0.0583 e. The normalized spacial score (nSPS) is 36.8. The van der Waals surface area contributed by atoms with Crippen LogP contribution in [0.4, 0.5) is 0 Å². The number of hydrogen-bond donors (Lipinski definition) is 2. The van der Waals surface area contributed by atoms with E-state index in [-0.39, 0.29) is 6.10 Å². The van der Waals surface area contributed by atoms with Gasteiger partial charge in [0.15, 0.2) is 0 Å². The number of aliphatic hydroxyl groups is 1. The molecule has 0 aromatic rings. The number of rotatable bonds is 3. The zero-order valence-corrected chi connectivity index (χ0v) is 8.00. The first-order valence-corrected chi connectivity index (χ1v) is 5.16. The summed E-state index contributed by atoms with van der Waals surface area (Å²) in [7, 11) is 0. The third-order valence-electron chi connectivity index (χ3n) is 3.06. The molecule has 12 heavy (non-hydrogen) atoms. The van der Waals surface area contributed by atoms with Gasteiger partial charge in [0.25, 0.3) is 0 Å². The topological polar surface area (TPSA) is 46.2 Å². The van der Waals surface area contributed by atoms with Crippen LogP contribution in [0, 0.1) is 11.8 Å². The van der Waals surface area contributed by atoms with E-state index in [9.17, 15) is 5.11 Å². The van der Waals surface area contributed by atoms with Crippen molar-refractivity contribution in [2.24, 2.45) is 17.6 Å². The largest absolute Gasteiger partial charge is 0.393 e. The Bertz CT molecular complexity index is 127. The van der Waals surface area contributed by atoms with Gasteiger partial charge in [0.1, 0.15) is 0 Å². The molecular weight excluding hydrogens is 150 g/mol. The molecule has 0 aromatic carbocycles. The lowest BCUT2D eigenvalue weighted by atomic mass is 9.78. The lowest BCUT2D eigenvalue weighted by molar-refractivity contribution is 0.0465. The summed E-state index contributed by atoms with van der Waals surface area (Å²) in [5.41, 5.74) is 5.55. The summed E-state index contributed by atoms with van der Waals surface area (Å²) in [6, 6.07) is 0. The maximum atomic E-state index is 9.69. The van der Waals surface area contributed by atoms with Gasteiger partial charge in [-0.3, -0.25) is 0 Å². The van der Waals surface area contributed by atoms with Gasteiger partial charge < -0.3 is 10.8 Å². The Morgan fingerprint density at radius 1 is 1.42 bits per heavy atom.